The Bertz CT molecular complexity index is 401. The molecule has 0 bridgehead atoms. The summed E-state index contributed by atoms with van der Waals surface area (Å²) < 4.78 is 18.5. The second kappa shape index (κ2) is 4.49. The smallest absolute Gasteiger partial charge is 0.306 e. The third-order valence-electron chi connectivity index (χ3n) is 2.23. The minimum absolute atomic E-state index is 0.131. The van der Waals surface area contributed by atoms with Crippen LogP contribution in [0.15, 0.2) is 18.2 Å². The van der Waals surface area contributed by atoms with Crippen LogP contribution < -0.4 is 4.74 Å². The molecular formula is C11H13FO4. The average Bonchev–Trinajstić information content (AvgIpc) is 2.14. The number of hydrogen-bond acceptors (Lipinski definition) is 3. The molecule has 0 heterocycles. The zero-order valence-electron chi connectivity index (χ0n) is 9.03. The molecule has 0 amide bonds. The Balaban J connectivity index is 3.24. The lowest BCUT2D eigenvalue weighted by atomic mass is 9.91. The first-order chi connectivity index (χ1) is 7.38. The summed E-state index contributed by atoms with van der Waals surface area (Å²) in [5.74, 6) is -1.77. The van der Waals surface area contributed by atoms with Gasteiger partial charge in [0.25, 0.3) is 0 Å². The Morgan fingerprint density at radius 3 is 2.69 bits per heavy atom. The number of carboxylic acids is 1. The van der Waals surface area contributed by atoms with Crippen molar-refractivity contribution in [2.45, 2.75) is 18.9 Å². The van der Waals surface area contributed by atoms with Crippen LogP contribution in [0.3, 0.4) is 0 Å². The van der Waals surface area contributed by atoms with Gasteiger partial charge in [-0.3, -0.25) is 4.79 Å². The van der Waals surface area contributed by atoms with Crippen molar-refractivity contribution in [3.63, 3.8) is 0 Å². The highest BCUT2D eigenvalue weighted by Crippen LogP contribution is 2.34. The number of carboxylic acid groups (broad SMARTS) is 1. The summed E-state index contributed by atoms with van der Waals surface area (Å²) in [6, 6.07) is 4.04. The van der Waals surface area contributed by atoms with Crippen LogP contribution in [0.5, 0.6) is 5.75 Å². The molecule has 0 aliphatic heterocycles. The number of rotatable bonds is 4. The van der Waals surface area contributed by atoms with Gasteiger partial charge in [0.2, 0.25) is 0 Å². The fourth-order valence-corrected chi connectivity index (χ4v) is 1.58. The molecular weight excluding hydrogens is 215 g/mol. The van der Waals surface area contributed by atoms with E-state index in [1.165, 1.54) is 26.2 Å². The lowest BCUT2D eigenvalue weighted by molar-refractivity contribution is -0.142. The molecule has 1 aromatic carbocycles. The summed E-state index contributed by atoms with van der Waals surface area (Å²) in [4.78, 5) is 10.6. The summed E-state index contributed by atoms with van der Waals surface area (Å²) in [6.07, 6.45) is -0.593. The highest BCUT2D eigenvalue weighted by molar-refractivity contribution is 5.69. The first-order valence-electron chi connectivity index (χ1n) is 4.65. The van der Waals surface area contributed by atoms with Gasteiger partial charge in [-0.05, 0) is 19.1 Å². The molecule has 0 radical (unpaired) electrons. The van der Waals surface area contributed by atoms with Crippen molar-refractivity contribution in [2.75, 3.05) is 7.11 Å². The van der Waals surface area contributed by atoms with E-state index in [-0.39, 0.29) is 11.3 Å². The van der Waals surface area contributed by atoms with E-state index in [1.807, 2.05) is 0 Å². The summed E-state index contributed by atoms with van der Waals surface area (Å²) >= 11 is 0. The molecule has 0 aliphatic rings. The van der Waals surface area contributed by atoms with Gasteiger partial charge in [0.1, 0.15) is 17.2 Å². The maximum absolute atomic E-state index is 13.6. The monoisotopic (exact) mass is 228 g/mol. The lowest BCUT2D eigenvalue weighted by Crippen LogP contribution is -2.27. The summed E-state index contributed by atoms with van der Waals surface area (Å²) in [5.41, 5.74) is -1.94. The van der Waals surface area contributed by atoms with Crippen LogP contribution in [0.1, 0.15) is 18.9 Å². The van der Waals surface area contributed by atoms with Crippen LogP contribution >= 0.6 is 0 Å². The Morgan fingerprint density at radius 2 is 2.19 bits per heavy atom. The molecule has 0 spiro atoms. The molecule has 2 N–H and O–H groups in total. The molecule has 1 unspecified atom stereocenters. The largest absolute Gasteiger partial charge is 0.496 e. The van der Waals surface area contributed by atoms with E-state index in [9.17, 15) is 14.3 Å². The SMILES string of the molecule is COc1cccc(F)c1C(C)(O)CC(=O)O. The second-order valence-electron chi connectivity index (χ2n) is 3.66. The molecule has 5 heteroatoms. The summed E-state index contributed by atoms with van der Waals surface area (Å²) in [6.45, 7) is 1.24. The minimum atomic E-state index is -1.80. The van der Waals surface area contributed by atoms with E-state index < -0.39 is 23.8 Å². The van der Waals surface area contributed by atoms with Gasteiger partial charge in [-0.2, -0.15) is 0 Å². The molecule has 0 aromatic heterocycles. The van der Waals surface area contributed by atoms with E-state index in [2.05, 4.69) is 0 Å². The first-order valence-corrected chi connectivity index (χ1v) is 4.65. The van der Waals surface area contributed by atoms with Crippen molar-refractivity contribution in [3.05, 3.63) is 29.6 Å². The van der Waals surface area contributed by atoms with Crippen LogP contribution in [0.25, 0.3) is 0 Å². The van der Waals surface area contributed by atoms with Crippen LogP contribution in [-0.2, 0) is 10.4 Å². The van der Waals surface area contributed by atoms with Gasteiger partial charge in [0, 0.05) is 0 Å². The first kappa shape index (κ1) is 12.4. The Morgan fingerprint density at radius 1 is 1.56 bits per heavy atom. The number of hydrogen-bond donors (Lipinski definition) is 2. The van der Waals surface area contributed by atoms with Crippen molar-refractivity contribution >= 4 is 5.97 Å². The zero-order valence-corrected chi connectivity index (χ0v) is 9.03. The highest BCUT2D eigenvalue weighted by atomic mass is 19.1. The molecule has 16 heavy (non-hydrogen) atoms. The highest BCUT2D eigenvalue weighted by Gasteiger charge is 2.32. The predicted octanol–water partition coefficient (Wildman–Crippen LogP) is 1.52. The van der Waals surface area contributed by atoms with Gasteiger partial charge < -0.3 is 14.9 Å². The lowest BCUT2D eigenvalue weighted by Gasteiger charge is -2.24. The third-order valence-corrected chi connectivity index (χ3v) is 2.23. The molecule has 0 saturated heterocycles. The zero-order chi connectivity index (χ0) is 12.3. The predicted molar refractivity (Wildman–Crippen MR) is 54.8 cm³/mol. The van der Waals surface area contributed by atoms with Crippen molar-refractivity contribution in [3.8, 4) is 5.75 Å². The van der Waals surface area contributed by atoms with Crippen LogP contribution in [0, 0.1) is 5.82 Å². The molecule has 0 aliphatic carbocycles. The number of halogens is 1. The second-order valence-corrected chi connectivity index (χ2v) is 3.66. The molecule has 1 atom stereocenters. The molecule has 1 rings (SSSR count). The number of methoxy groups -OCH3 is 1. The maximum atomic E-state index is 13.6. The van der Waals surface area contributed by atoms with Crippen LogP contribution in [0.4, 0.5) is 4.39 Å². The quantitative estimate of drug-likeness (QED) is 0.819. The maximum Gasteiger partial charge on any atom is 0.306 e. The summed E-state index contributed by atoms with van der Waals surface area (Å²) in [7, 11) is 1.33. The van der Waals surface area contributed by atoms with Crippen molar-refractivity contribution in [1.29, 1.82) is 0 Å². The van der Waals surface area contributed by atoms with Gasteiger partial charge in [-0.15, -0.1) is 0 Å². The van der Waals surface area contributed by atoms with Gasteiger partial charge >= 0.3 is 5.97 Å². The van der Waals surface area contributed by atoms with Gasteiger partial charge in [0.05, 0.1) is 19.1 Å². The number of ether oxygens (including phenoxy) is 1. The van der Waals surface area contributed by atoms with E-state index in [0.717, 1.165) is 6.07 Å². The fraction of sp³-hybridized carbons (Fsp3) is 0.364. The fourth-order valence-electron chi connectivity index (χ4n) is 1.58. The van der Waals surface area contributed by atoms with Gasteiger partial charge in [-0.1, -0.05) is 6.07 Å². The van der Waals surface area contributed by atoms with E-state index in [1.54, 1.807) is 0 Å². The molecule has 0 saturated carbocycles. The summed E-state index contributed by atoms with van der Waals surface area (Å²) in [5, 5.41) is 18.6. The number of benzene rings is 1. The van der Waals surface area contributed by atoms with Gasteiger partial charge in [-0.25, -0.2) is 4.39 Å². The third kappa shape index (κ3) is 2.49. The van der Waals surface area contributed by atoms with Gasteiger partial charge in [0.15, 0.2) is 0 Å². The standard InChI is InChI=1S/C11H13FO4/c1-11(15,6-9(13)14)10-7(12)4-3-5-8(10)16-2/h3-5,15H,6H2,1-2H3,(H,13,14). The normalized spacial score (nSPS) is 14.2. The molecule has 88 valence electrons. The number of aliphatic carboxylic acids is 1. The molecule has 0 fully saturated rings. The van der Waals surface area contributed by atoms with E-state index >= 15 is 0 Å². The molecule has 1 aromatic rings. The minimum Gasteiger partial charge on any atom is -0.496 e. The van der Waals surface area contributed by atoms with E-state index in [0.29, 0.717) is 0 Å². The Labute approximate surface area is 92.3 Å². The topological polar surface area (TPSA) is 66.8 Å². The Kier molecular flexibility index (Phi) is 3.49. The Hall–Kier alpha value is -1.62. The van der Waals surface area contributed by atoms with E-state index in [4.69, 9.17) is 9.84 Å². The number of carbonyl (C=O) groups is 1. The van der Waals surface area contributed by atoms with Crippen molar-refractivity contribution in [2.24, 2.45) is 0 Å². The van der Waals surface area contributed by atoms with Crippen molar-refractivity contribution < 1.29 is 24.1 Å². The number of aliphatic hydroxyl groups is 1. The molecule has 4 nitrogen and oxygen atoms in total. The van der Waals surface area contributed by atoms with Crippen LogP contribution in [0.2, 0.25) is 0 Å². The van der Waals surface area contributed by atoms with Crippen LogP contribution in [-0.4, -0.2) is 23.3 Å². The van der Waals surface area contributed by atoms with Crippen molar-refractivity contribution in [1.82, 2.24) is 0 Å². The average molecular weight is 228 g/mol.